The summed E-state index contributed by atoms with van der Waals surface area (Å²) in [6.45, 7) is 1.19. The lowest BCUT2D eigenvalue weighted by Gasteiger charge is -2.14. The van der Waals surface area contributed by atoms with Gasteiger partial charge in [0.2, 0.25) is 0 Å². The number of hydrogen-bond donors (Lipinski definition) is 2. The van der Waals surface area contributed by atoms with Crippen LogP contribution in [0.15, 0.2) is 4.99 Å². The number of nitrogens with one attached hydrogen (secondary N) is 1. The van der Waals surface area contributed by atoms with E-state index >= 15 is 0 Å². The molecule has 4 heteroatoms. The first-order chi connectivity index (χ1) is 3.79. The number of β-amino-alcohol motifs (C(OH)–C–C–N with tert-alkyl or cyclic N) is 1. The highest BCUT2D eigenvalue weighted by atomic mass is 127. The molecule has 0 bridgehead atoms. The Bertz CT molecular complexity index is 115. The molecular formula is C4H7IN2O. The number of aliphatic hydroxyl groups is 1. The Hall–Kier alpha value is 0.160. The van der Waals surface area contributed by atoms with Crippen molar-refractivity contribution in [1.82, 2.24) is 5.32 Å². The van der Waals surface area contributed by atoms with E-state index in [1.165, 1.54) is 0 Å². The minimum absolute atomic E-state index is 0.284. The summed E-state index contributed by atoms with van der Waals surface area (Å²) >= 11 is 2.09. The van der Waals surface area contributed by atoms with Crippen LogP contribution in [0.5, 0.6) is 0 Å². The van der Waals surface area contributed by atoms with E-state index in [4.69, 9.17) is 5.11 Å². The third-order valence-electron chi connectivity index (χ3n) is 0.924. The fourth-order valence-corrected chi connectivity index (χ4v) is 0.925. The minimum atomic E-state index is -0.284. The van der Waals surface area contributed by atoms with Crippen LogP contribution in [0.25, 0.3) is 0 Å². The fraction of sp³-hybridized carbons (Fsp3) is 0.750. The summed E-state index contributed by atoms with van der Waals surface area (Å²) in [7, 11) is 0. The van der Waals surface area contributed by atoms with Crippen LogP contribution >= 0.6 is 22.6 Å². The summed E-state index contributed by atoms with van der Waals surface area (Å²) in [4.78, 5) is 3.95. The van der Waals surface area contributed by atoms with Crippen molar-refractivity contribution in [1.29, 1.82) is 0 Å². The molecule has 3 nitrogen and oxygen atoms in total. The second-order valence-corrected chi connectivity index (χ2v) is 2.69. The van der Waals surface area contributed by atoms with Crippen molar-refractivity contribution in [2.45, 2.75) is 6.10 Å². The van der Waals surface area contributed by atoms with E-state index in [0.717, 1.165) is 3.84 Å². The maximum absolute atomic E-state index is 8.85. The highest BCUT2D eigenvalue weighted by molar-refractivity contribution is 14.1. The van der Waals surface area contributed by atoms with Gasteiger partial charge < -0.3 is 10.4 Å². The van der Waals surface area contributed by atoms with Crippen LogP contribution in [0, 0.1) is 0 Å². The van der Waals surface area contributed by atoms with Crippen LogP contribution in [0.3, 0.4) is 0 Å². The lowest BCUT2D eigenvalue weighted by Crippen LogP contribution is -2.35. The van der Waals surface area contributed by atoms with Crippen molar-refractivity contribution in [3.63, 3.8) is 0 Å². The standard InChI is InChI=1S/C4H7IN2O/c5-4-6-1-3(8)2-7-4/h3,8H,1-2H2,(H,6,7). The van der Waals surface area contributed by atoms with Gasteiger partial charge in [0.15, 0.2) is 3.84 Å². The van der Waals surface area contributed by atoms with E-state index in [1.54, 1.807) is 0 Å². The number of nitrogens with zero attached hydrogens (tertiary/aromatic N) is 1. The monoisotopic (exact) mass is 226 g/mol. The predicted molar refractivity (Wildman–Crippen MR) is 40.3 cm³/mol. The lowest BCUT2D eigenvalue weighted by molar-refractivity contribution is 0.182. The molecule has 0 fully saturated rings. The van der Waals surface area contributed by atoms with Crippen molar-refractivity contribution < 1.29 is 5.11 Å². The first-order valence-electron chi connectivity index (χ1n) is 2.41. The van der Waals surface area contributed by atoms with Crippen molar-refractivity contribution in [2.75, 3.05) is 13.1 Å². The second kappa shape index (κ2) is 2.63. The summed E-state index contributed by atoms with van der Waals surface area (Å²) in [6, 6.07) is 0. The summed E-state index contributed by atoms with van der Waals surface area (Å²) in [6.07, 6.45) is -0.284. The van der Waals surface area contributed by atoms with Crippen molar-refractivity contribution in [2.24, 2.45) is 4.99 Å². The van der Waals surface area contributed by atoms with Crippen molar-refractivity contribution in [3.8, 4) is 0 Å². The Labute approximate surface area is 61.3 Å². The van der Waals surface area contributed by atoms with Crippen LogP contribution in [0.4, 0.5) is 0 Å². The van der Waals surface area contributed by atoms with Gasteiger partial charge in [-0.3, -0.25) is 4.99 Å². The van der Waals surface area contributed by atoms with Crippen LogP contribution in [0.1, 0.15) is 0 Å². The number of halogens is 1. The number of aliphatic imine (C=N–C) groups is 1. The van der Waals surface area contributed by atoms with Gasteiger partial charge in [-0.15, -0.1) is 0 Å². The van der Waals surface area contributed by atoms with Crippen LogP contribution in [-0.4, -0.2) is 28.1 Å². The number of amidine groups is 1. The Morgan fingerprint density at radius 3 is 3.00 bits per heavy atom. The Morgan fingerprint density at radius 2 is 2.62 bits per heavy atom. The van der Waals surface area contributed by atoms with Gasteiger partial charge in [0, 0.05) is 6.54 Å². The molecule has 1 aliphatic heterocycles. The number of aliphatic hydroxyl groups excluding tert-OH is 1. The smallest absolute Gasteiger partial charge is 0.160 e. The van der Waals surface area contributed by atoms with Crippen LogP contribution in [0.2, 0.25) is 0 Å². The van der Waals surface area contributed by atoms with E-state index in [1.807, 2.05) is 0 Å². The molecule has 46 valence electrons. The number of rotatable bonds is 0. The van der Waals surface area contributed by atoms with Crippen LogP contribution < -0.4 is 5.32 Å². The molecule has 2 N–H and O–H groups in total. The quantitative estimate of drug-likeness (QED) is 0.441. The van der Waals surface area contributed by atoms with Gasteiger partial charge in [-0.1, -0.05) is 0 Å². The normalized spacial score (nSPS) is 28.8. The van der Waals surface area contributed by atoms with Crippen LogP contribution in [-0.2, 0) is 0 Å². The Balaban J connectivity index is 2.42. The third kappa shape index (κ3) is 1.59. The Kier molecular flexibility index (Phi) is 2.07. The van der Waals surface area contributed by atoms with Crippen molar-refractivity contribution in [3.05, 3.63) is 0 Å². The number of hydrogen-bond acceptors (Lipinski definition) is 3. The second-order valence-electron chi connectivity index (χ2n) is 1.67. The molecule has 0 aromatic carbocycles. The highest BCUT2D eigenvalue weighted by Gasteiger charge is 2.07. The zero-order chi connectivity index (χ0) is 5.98. The van der Waals surface area contributed by atoms with E-state index < -0.39 is 0 Å². The van der Waals surface area contributed by atoms with Gasteiger partial charge in [0.1, 0.15) is 0 Å². The third-order valence-corrected chi connectivity index (χ3v) is 1.65. The molecule has 1 atom stereocenters. The van der Waals surface area contributed by atoms with Gasteiger partial charge in [-0.2, -0.15) is 0 Å². The molecule has 1 heterocycles. The molecule has 0 aromatic heterocycles. The average molecular weight is 226 g/mol. The summed E-state index contributed by atoms with van der Waals surface area (Å²) in [5.74, 6) is 0. The molecule has 1 rings (SSSR count). The zero-order valence-electron chi connectivity index (χ0n) is 4.26. The fourth-order valence-electron chi connectivity index (χ4n) is 0.508. The minimum Gasteiger partial charge on any atom is -0.389 e. The van der Waals surface area contributed by atoms with Gasteiger partial charge in [-0.05, 0) is 22.6 Å². The van der Waals surface area contributed by atoms with E-state index in [2.05, 4.69) is 32.9 Å². The predicted octanol–water partition coefficient (Wildman–Crippen LogP) is -0.258. The van der Waals surface area contributed by atoms with Gasteiger partial charge in [0.25, 0.3) is 0 Å². The van der Waals surface area contributed by atoms with Gasteiger partial charge in [0.05, 0.1) is 12.6 Å². The maximum Gasteiger partial charge on any atom is 0.160 e. The lowest BCUT2D eigenvalue weighted by atomic mass is 10.3. The SMILES string of the molecule is OC1CN=C(I)NC1. The molecule has 0 saturated carbocycles. The zero-order valence-corrected chi connectivity index (χ0v) is 6.42. The first kappa shape index (κ1) is 6.28. The topological polar surface area (TPSA) is 44.6 Å². The molecule has 0 spiro atoms. The molecular weight excluding hydrogens is 219 g/mol. The summed E-state index contributed by atoms with van der Waals surface area (Å²) in [5, 5.41) is 11.8. The maximum atomic E-state index is 8.85. The molecule has 1 aliphatic rings. The van der Waals surface area contributed by atoms with E-state index in [9.17, 15) is 0 Å². The summed E-state index contributed by atoms with van der Waals surface area (Å²) in [5.41, 5.74) is 0. The highest BCUT2D eigenvalue weighted by Crippen LogP contribution is 1.95. The van der Waals surface area contributed by atoms with E-state index in [0.29, 0.717) is 13.1 Å². The van der Waals surface area contributed by atoms with Gasteiger partial charge >= 0.3 is 0 Å². The molecule has 0 saturated heterocycles. The Morgan fingerprint density at radius 1 is 1.88 bits per heavy atom. The molecule has 0 aliphatic carbocycles. The average Bonchev–Trinajstić information content (AvgIpc) is 1.77. The van der Waals surface area contributed by atoms with E-state index in [-0.39, 0.29) is 6.10 Å². The van der Waals surface area contributed by atoms with Crippen molar-refractivity contribution >= 4 is 26.4 Å². The molecule has 0 amide bonds. The molecule has 0 aromatic rings. The largest absolute Gasteiger partial charge is 0.389 e. The first-order valence-corrected chi connectivity index (χ1v) is 3.49. The molecule has 0 radical (unpaired) electrons. The summed E-state index contributed by atoms with van der Waals surface area (Å²) < 4.78 is 0.896. The van der Waals surface area contributed by atoms with Gasteiger partial charge in [-0.25, -0.2) is 0 Å². The molecule has 1 unspecified atom stereocenters. The molecule has 8 heavy (non-hydrogen) atoms.